The molecule has 0 radical (unpaired) electrons. The highest BCUT2D eigenvalue weighted by molar-refractivity contribution is 8.26. The number of carbonyl (C=O) groups is 2. The molecule has 0 saturated carbocycles. The number of unbranched alkanes of at least 4 members (excludes halogenated alkanes) is 1. The Morgan fingerprint density at radius 3 is 2.96 bits per heavy atom. The molecular weight excluding hydrogens is 350 g/mol. The Balaban J connectivity index is 1.81. The fraction of sp³-hybridized carbons (Fsp3) is 0.438. The minimum atomic E-state index is -0.210. The SMILES string of the molecule is CCCCOC(=O)CCCN1C(=O)/C(=C/c2cccs2)SC1=S. The number of thioether (sulfide) groups is 1. The number of hydrogen-bond donors (Lipinski definition) is 0. The minimum Gasteiger partial charge on any atom is -0.466 e. The van der Waals surface area contributed by atoms with Gasteiger partial charge in [-0.15, -0.1) is 11.3 Å². The summed E-state index contributed by atoms with van der Waals surface area (Å²) in [7, 11) is 0. The highest BCUT2D eigenvalue weighted by Crippen LogP contribution is 2.33. The molecule has 0 atom stereocenters. The van der Waals surface area contributed by atoms with Crippen molar-refractivity contribution in [3.8, 4) is 0 Å². The molecule has 1 aliphatic rings. The molecule has 1 amide bonds. The van der Waals surface area contributed by atoms with E-state index in [-0.39, 0.29) is 11.9 Å². The van der Waals surface area contributed by atoms with Crippen LogP contribution in [0.25, 0.3) is 6.08 Å². The molecule has 7 heteroatoms. The number of nitrogens with zero attached hydrogens (tertiary/aromatic N) is 1. The highest BCUT2D eigenvalue weighted by atomic mass is 32.2. The molecule has 0 spiro atoms. The fourth-order valence-corrected chi connectivity index (χ4v) is 4.01. The summed E-state index contributed by atoms with van der Waals surface area (Å²) in [5.74, 6) is -0.286. The van der Waals surface area contributed by atoms with Gasteiger partial charge in [-0.3, -0.25) is 14.5 Å². The van der Waals surface area contributed by atoms with Crippen molar-refractivity contribution in [2.75, 3.05) is 13.2 Å². The number of amides is 1. The topological polar surface area (TPSA) is 46.6 Å². The summed E-state index contributed by atoms with van der Waals surface area (Å²) in [5.41, 5.74) is 0. The van der Waals surface area contributed by atoms with E-state index in [4.69, 9.17) is 17.0 Å². The third kappa shape index (κ3) is 5.44. The maximum Gasteiger partial charge on any atom is 0.305 e. The van der Waals surface area contributed by atoms with Crippen molar-refractivity contribution in [1.29, 1.82) is 0 Å². The zero-order valence-corrected chi connectivity index (χ0v) is 15.4. The van der Waals surface area contributed by atoms with Gasteiger partial charge in [-0.2, -0.15) is 0 Å². The molecule has 2 rings (SSSR count). The molecule has 124 valence electrons. The first-order valence-corrected chi connectivity index (χ1v) is 9.66. The molecular formula is C16H19NO3S3. The van der Waals surface area contributed by atoms with E-state index in [0.717, 1.165) is 17.7 Å². The van der Waals surface area contributed by atoms with Gasteiger partial charge in [-0.05, 0) is 30.4 Å². The van der Waals surface area contributed by atoms with E-state index < -0.39 is 0 Å². The standard InChI is InChI=1S/C16H19NO3S3/c1-2-3-9-20-14(18)7-4-8-17-15(19)13(23-16(17)21)11-12-6-5-10-22-12/h5-6,10-11H,2-4,7-9H2,1H3/b13-11-. The lowest BCUT2D eigenvalue weighted by Gasteiger charge is -2.13. The predicted octanol–water partition coefficient (Wildman–Crippen LogP) is 4.07. The van der Waals surface area contributed by atoms with Gasteiger partial charge in [0.1, 0.15) is 4.32 Å². The van der Waals surface area contributed by atoms with Crippen LogP contribution in [0.3, 0.4) is 0 Å². The van der Waals surface area contributed by atoms with Crippen LogP contribution in [0.4, 0.5) is 0 Å². The first-order chi connectivity index (χ1) is 11.1. The monoisotopic (exact) mass is 369 g/mol. The summed E-state index contributed by atoms with van der Waals surface area (Å²) in [6, 6.07) is 3.91. The van der Waals surface area contributed by atoms with Crippen molar-refractivity contribution in [3.63, 3.8) is 0 Å². The van der Waals surface area contributed by atoms with Crippen LogP contribution < -0.4 is 0 Å². The van der Waals surface area contributed by atoms with Gasteiger partial charge in [-0.25, -0.2) is 0 Å². The minimum absolute atomic E-state index is 0.0762. The molecule has 1 aromatic rings. The van der Waals surface area contributed by atoms with Crippen molar-refractivity contribution in [2.45, 2.75) is 32.6 Å². The van der Waals surface area contributed by atoms with Gasteiger partial charge >= 0.3 is 5.97 Å². The van der Waals surface area contributed by atoms with Crippen LogP contribution in [0, 0.1) is 0 Å². The van der Waals surface area contributed by atoms with Crippen molar-refractivity contribution in [2.24, 2.45) is 0 Å². The number of rotatable bonds is 8. The van der Waals surface area contributed by atoms with Crippen LogP contribution in [0.2, 0.25) is 0 Å². The first-order valence-electron chi connectivity index (χ1n) is 7.56. The number of ether oxygens (including phenoxy) is 1. The van der Waals surface area contributed by atoms with E-state index in [1.54, 1.807) is 16.2 Å². The Morgan fingerprint density at radius 1 is 1.43 bits per heavy atom. The van der Waals surface area contributed by atoms with Crippen LogP contribution in [0.15, 0.2) is 22.4 Å². The third-order valence-corrected chi connectivity index (χ3v) is 5.41. The third-order valence-electron chi connectivity index (χ3n) is 3.21. The Labute approximate surface area is 149 Å². The van der Waals surface area contributed by atoms with Crippen LogP contribution in [-0.2, 0) is 14.3 Å². The van der Waals surface area contributed by atoms with E-state index in [2.05, 4.69) is 0 Å². The average molecular weight is 370 g/mol. The number of thiophene rings is 1. The normalized spacial score (nSPS) is 16.4. The number of esters is 1. The Morgan fingerprint density at radius 2 is 2.26 bits per heavy atom. The summed E-state index contributed by atoms with van der Waals surface area (Å²) < 4.78 is 5.65. The van der Waals surface area contributed by atoms with Gasteiger partial charge in [0.05, 0.1) is 11.5 Å². The molecule has 0 unspecified atom stereocenters. The predicted molar refractivity (Wildman–Crippen MR) is 99.3 cm³/mol. The van der Waals surface area contributed by atoms with Crippen molar-refractivity contribution in [1.82, 2.24) is 4.90 Å². The second-order valence-electron chi connectivity index (χ2n) is 5.03. The number of hydrogen-bond acceptors (Lipinski definition) is 6. The summed E-state index contributed by atoms with van der Waals surface area (Å²) in [6.45, 7) is 2.97. The maximum absolute atomic E-state index is 12.4. The molecule has 1 fully saturated rings. The van der Waals surface area contributed by atoms with Gasteiger partial charge in [0.15, 0.2) is 0 Å². The van der Waals surface area contributed by atoms with Gasteiger partial charge < -0.3 is 4.74 Å². The molecule has 0 N–H and O–H groups in total. The van der Waals surface area contributed by atoms with Crippen molar-refractivity contribution < 1.29 is 14.3 Å². The van der Waals surface area contributed by atoms with E-state index in [1.807, 2.05) is 30.5 Å². The van der Waals surface area contributed by atoms with Crippen molar-refractivity contribution in [3.05, 3.63) is 27.3 Å². The second kappa shape index (κ2) is 9.20. The molecule has 4 nitrogen and oxygen atoms in total. The zero-order valence-electron chi connectivity index (χ0n) is 12.9. The first kappa shape index (κ1) is 18.2. The second-order valence-corrected chi connectivity index (χ2v) is 7.68. The highest BCUT2D eigenvalue weighted by Gasteiger charge is 2.31. The van der Waals surface area contributed by atoms with Gasteiger partial charge in [0.25, 0.3) is 5.91 Å². The molecule has 23 heavy (non-hydrogen) atoms. The van der Waals surface area contributed by atoms with Crippen LogP contribution in [0.5, 0.6) is 0 Å². The summed E-state index contributed by atoms with van der Waals surface area (Å²) in [5, 5.41) is 1.97. The summed E-state index contributed by atoms with van der Waals surface area (Å²) in [6.07, 6.45) is 4.62. The summed E-state index contributed by atoms with van der Waals surface area (Å²) in [4.78, 5) is 27.2. The van der Waals surface area contributed by atoms with Gasteiger partial charge in [0.2, 0.25) is 0 Å². The molecule has 2 heterocycles. The molecule has 1 aromatic heterocycles. The van der Waals surface area contributed by atoms with Crippen LogP contribution in [0.1, 0.15) is 37.5 Å². The van der Waals surface area contributed by atoms with Gasteiger partial charge in [0, 0.05) is 17.8 Å². The van der Waals surface area contributed by atoms with Gasteiger partial charge in [-0.1, -0.05) is 43.4 Å². The molecule has 0 aliphatic carbocycles. The van der Waals surface area contributed by atoms with E-state index in [1.165, 1.54) is 11.8 Å². The maximum atomic E-state index is 12.4. The van der Waals surface area contributed by atoms with Crippen LogP contribution >= 0.6 is 35.3 Å². The van der Waals surface area contributed by atoms with E-state index in [0.29, 0.717) is 35.2 Å². The lowest BCUT2D eigenvalue weighted by atomic mass is 10.3. The Bertz CT molecular complexity index is 596. The molecule has 1 saturated heterocycles. The smallest absolute Gasteiger partial charge is 0.305 e. The van der Waals surface area contributed by atoms with Crippen LogP contribution in [-0.4, -0.2) is 34.2 Å². The number of thiocarbonyl (C=S) groups is 1. The van der Waals surface area contributed by atoms with Crippen molar-refractivity contribution >= 4 is 57.6 Å². The number of carbonyl (C=O) groups excluding carboxylic acids is 2. The summed E-state index contributed by atoms with van der Waals surface area (Å²) >= 11 is 8.17. The zero-order chi connectivity index (χ0) is 16.7. The fourth-order valence-electron chi connectivity index (χ4n) is 1.98. The lowest BCUT2D eigenvalue weighted by molar-refractivity contribution is -0.144. The Kier molecular flexibility index (Phi) is 7.26. The van der Waals surface area contributed by atoms with E-state index >= 15 is 0 Å². The largest absolute Gasteiger partial charge is 0.466 e. The quantitative estimate of drug-likeness (QED) is 0.299. The molecule has 0 aromatic carbocycles. The average Bonchev–Trinajstić information content (AvgIpc) is 3.11. The van der Waals surface area contributed by atoms with E-state index in [9.17, 15) is 9.59 Å². The lowest BCUT2D eigenvalue weighted by Crippen LogP contribution is -2.29. The Hall–Kier alpha value is -1.18. The molecule has 1 aliphatic heterocycles. The molecule has 0 bridgehead atoms.